The molecule has 0 saturated heterocycles. The predicted octanol–water partition coefficient (Wildman–Crippen LogP) is 0.904. The van der Waals surface area contributed by atoms with Gasteiger partial charge < -0.3 is 20.1 Å². The van der Waals surface area contributed by atoms with Gasteiger partial charge in [0.25, 0.3) is 0 Å². The summed E-state index contributed by atoms with van der Waals surface area (Å²) in [6.07, 6.45) is 3.32. The van der Waals surface area contributed by atoms with E-state index < -0.39 is 42.5 Å². The summed E-state index contributed by atoms with van der Waals surface area (Å²) in [5, 5.41) is 12.8. The van der Waals surface area contributed by atoms with Gasteiger partial charge in [-0.05, 0) is 11.6 Å². The molecule has 0 fully saturated rings. The van der Waals surface area contributed by atoms with Gasteiger partial charge in [-0.3, -0.25) is 0 Å². The molecule has 4 aromatic heterocycles. The fourth-order valence-corrected chi connectivity index (χ4v) is 3.67. The van der Waals surface area contributed by atoms with E-state index in [4.69, 9.17) is 17.3 Å². The molecule has 0 spiro atoms. The van der Waals surface area contributed by atoms with Crippen molar-refractivity contribution in [2.24, 2.45) is 7.05 Å². The standard InChI is InChI=1S/C23H22N8O3/c1-29-9-8-25-17(29)12-30-23(33)31-21(28-30)19(15-10-16(13-32)26-18(11-15)34-2)20(27-22(31)24)14-6-4-3-5-7-14/h3-11,32H,12-13H2,1-2H3,(H2,24,26,27,28)/p+1/i3D,4D,5D,6D,7D. The number of nitrogens with two attached hydrogens (primary N) is 1. The molecule has 1 aromatic carbocycles. The topological polar surface area (TPSA) is 141 Å². The van der Waals surface area contributed by atoms with E-state index in [1.54, 1.807) is 24.0 Å². The number of aromatic nitrogens is 7. The lowest BCUT2D eigenvalue weighted by Gasteiger charge is -2.11. The molecule has 11 nitrogen and oxygen atoms in total. The number of fused-ring (bicyclic) bond motifs is 1. The van der Waals surface area contributed by atoms with Gasteiger partial charge in [0.2, 0.25) is 11.5 Å². The number of nitrogens with one attached hydrogen (secondary N) is 1. The third-order valence-electron chi connectivity index (χ3n) is 5.29. The third-order valence-corrected chi connectivity index (χ3v) is 5.29. The van der Waals surface area contributed by atoms with Gasteiger partial charge in [0.1, 0.15) is 18.1 Å². The number of pyridine rings is 1. The van der Waals surface area contributed by atoms with Crippen LogP contribution in [-0.2, 0) is 20.2 Å². The summed E-state index contributed by atoms with van der Waals surface area (Å²) < 4.78 is 50.8. The van der Waals surface area contributed by atoms with Crippen molar-refractivity contribution in [2.45, 2.75) is 13.2 Å². The average Bonchev–Trinajstić information content (AvgIpc) is 3.48. The number of aliphatic hydroxyl groups excluding tert-OH is 1. The van der Waals surface area contributed by atoms with Crippen molar-refractivity contribution < 1.29 is 21.1 Å². The largest absolute Gasteiger partial charge is 0.481 e. The predicted molar refractivity (Wildman–Crippen MR) is 124 cm³/mol. The Kier molecular flexibility index (Phi) is 4.01. The smallest absolute Gasteiger partial charge is 0.428 e. The third kappa shape index (κ3) is 3.57. The van der Waals surface area contributed by atoms with Crippen LogP contribution in [0.15, 0.2) is 59.5 Å². The van der Waals surface area contributed by atoms with Crippen molar-refractivity contribution in [3.8, 4) is 28.3 Å². The molecule has 0 amide bonds. The maximum Gasteiger partial charge on any atom is 0.428 e. The summed E-state index contributed by atoms with van der Waals surface area (Å²) in [4.78, 5) is 26.3. The van der Waals surface area contributed by atoms with Crippen LogP contribution < -0.4 is 20.6 Å². The highest BCUT2D eigenvalue weighted by Crippen LogP contribution is 2.34. The zero-order valence-electron chi connectivity index (χ0n) is 23.2. The zero-order chi connectivity index (χ0) is 28.2. The first-order valence-electron chi connectivity index (χ1n) is 12.6. The fourth-order valence-electron chi connectivity index (χ4n) is 3.67. The first-order chi connectivity index (χ1) is 18.6. The van der Waals surface area contributed by atoms with Crippen molar-refractivity contribution in [2.75, 3.05) is 12.8 Å². The van der Waals surface area contributed by atoms with Gasteiger partial charge in [-0.25, -0.2) is 19.9 Å². The van der Waals surface area contributed by atoms with E-state index in [2.05, 4.69) is 20.1 Å². The van der Waals surface area contributed by atoms with Crippen molar-refractivity contribution in [3.63, 3.8) is 0 Å². The molecule has 0 radical (unpaired) electrons. The summed E-state index contributed by atoms with van der Waals surface area (Å²) in [6, 6.07) is 0.334. The minimum absolute atomic E-state index is 0.0500. The summed E-state index contributed by atoms with van der Waals surface area (Å²) in [5.41, 5.74) is 6.24. The summed E-state index contributed by atoms with van der Waals surface area (Å²) in [5.74, 6) is 0.420. The molecule has 4 N–H and O–H groups in total. The SMILES string of the molecule is [2H]c1c([2H])c([2H])c(-c2nc(N)[n+]3c(=O)n(Cc4nccn4C)[nH]c3c2-c2cc(CO)nc(OC)c2)c([2H])c1[2H]. The lowest BCUT2D eigenvalue weighted by molar-refractivity contribution is -0.516. The molecular weight excluding hydrogens is 436 g/mol. The Bertz CT molecular complexity index is 1780. The molecule has 0 saturated carbocycles. The van der Waals surface area contributed by atoms with Crippen LogP contribution in [0.3, 0.4) is 0 Å². The molecule has 0 bridgehead atoms. The van der Waals surface area contributed by atoms with Gasteiger partial charge in [-0.1, -0.05) is 30.2 Å². The van der Waals surface area contributed by atoms with Gasteiger partial charge in [-0.2, -0.15) is 4.68 Å². The fraction of sp³-hybridized carbons (Fsp3) is 0.174. The summed E-state index contributed by atoms with van der Waals surface area (Å²) in [6.45, 7) is -0.391. The molecule has 11 heteroatoms. The second-order valence-electron chi connectivity index (χ2n) is 7.36. The van der Waals surface area contributed by atoms with Crippen LogP contribution in [0, 0.1) is 0 Å². The molecule has 5 rings (SSSR count). The number of H-pyrrole nitrogens is 1. The molecule has 172 valence electrons. The van der Waals surface area contributed by atoms with Crippen LogP contribution in [0.4, 0.5) is 5.95 Å². The van der Waals surface area contributed by atoms with E-state index in [0.29, 0.717) is 11.4 Å². The van der Waals surface area contributed by atoms with Crippen molar-refractivity contribution >= 4 is 11.6 Å². The molecular formula is C23H23N8O3+. The number of aryl methyl sites for hydroxylation is 1. The molecule has 0 aliphatic rings. The monoisotopic (exact) mass is 464 g/mol. The van der Waals surface area contributed by atoms with E-state index in [0.717, 1.165) is 4.40 Å². The number of imidazole rings is 1. The first-order valence-corrected chi connectivity index (χ1v) is 10.1. The molecule has 0 atom stereocenters. The second-order valence-corrected chi connectivity index (χ2v) is 7.36. The highest BCUT2D eigenvalue weighted by atomic mass is 16.5. The number of nitrogen functional groups attached to an aromatic ring is 1. The van der Waals surface area contributed by atoms with Crippen LogP contribution in [0.5, 0.6) is 5.88 Å². The van der Waals surface area contributed by atoms with Crippen molar-refractivity contribution in [1.29, 1.82) is 0 Å². The highest BCUT2D eigenvalue weighted by Gasteiger charge is 2.27. The minimum Gasteiger partial charge on any atom is -0.481 e. The first kappa shape index (κ1) is 16.2. The van der Waals surface area contributed by atoms with E-state index in [1.165, 1.54) is 23.9 Å². The molecule has 5 aromatic rings. The Morgan fingerprint density at radius 3 is 2.71 bits per heavy atom. The number of aliphatic hydroxyl groups is 1. The molecule has 0 aliphatic heterocycles. The number of anilines is 1. The van der Waals surface area contributed by atoms with Gasteiger partial charge in [-0.15, -0.1) is 9.38 Å². The number of ether oxygens (including phenoxy) is 1. The zero-order valence-corrected chi connectivity index (χ0v) is 18.2. The lowest BCUT2D eigenvalue weighted by Crippen LogP contribution is -2.44. The Balaban J connectivity index is 1.93. The maximum atomic E-state index is 13.5. The number of rotatable bonds is 6. The molecule has 0 unspecified atom stereocenters. The number of methoxy groups -OCH3 is 1. The van der Waals surface area contributed by atoms with Crippen LogP contribution in [-0.4, -0.2) is 41.5 Å². The number of benzene rings is 1. The molecule has 34 heavy (non-hydrogen) atoms. The number of nitrogens with zero attached hydrogens (tertiary/aromatic N) is 6. The lowest BCUT2D eigenvalue weighted by atomic mass is 10.00. The quantitative estimate of drug-likeness (QED) is 0.317. The van der Waals surface area contributed by atoms with Gasteiger partial charge in [0.05, 0.1) is 31.8 Å². The Morgan fingerprint density at radius 2 is 2.03 bits per heavy atom. The number of hydrogen-bond donors (Lipinski definition) is 3. The maximum absolute atomic E-state index is 13.5. The Morgan fingerprint density at radius 1 is 1.24 bits per heavy atom. The summed E-state index contributed by atoms with van der Waals surface area (Å²) >= 11 is 0. The number of aromatic amines is 1. The van der Waals surface area contributed by atoms with E-state index in [1.807, 2.05) is 0 Å². The van der Waals surface area contributed by atoms with Crippen molar-refractivity contribution in [3.05, 3.63) is 76.7 Å². The minimum atomic E-state index is -0.574. The molecule has 4 heterocycles. The van der Waals surface area contributed by atoms with Crippen molar-refractivity contribution in [1.82, 2.24) is 29.3 Å². The van der Waals surface area contributed by atoms with Gasteiger partial charge >= 0.3 is 11.6 Å². The van der Waals surface area contributed by atoms with Crippen LogP contribution in [0.1, 0.15) is 18.4 Å². The van der Waals surface area contributed by atoms with E-state index in [-0.39, 0.29) is 46.5 Å². The van der Waals surface area contributed by atoms with E-state index in [9.17, 15) is 9.90 Å². The average molecular weight is 465 g/mol. The Hall–Kier alpha value is -4.51. The summed E-state index contributed by atoms with van der Waals surface area (Å²) in [7, 11) is 3.17. The Labute approximate surface area is 200 Å². The van der Waals surface area contributed by atoms with Gasteiger partial charge in [0.15, 0.2) is 0 Å². The highest BCUT2D eigenvalue weighted by molar-refractivity contribution is 5.88. The van der Waals surface area contributed by atoms with Crippen LogP contribution in [0.25, 0.3) is 28.0 Å². The van der Waals surface area contributed by atoms with E-state index >= 15 is 0 Å². The van der Waals surface area contributed by atoms with Crippen LogP contribution in [0.2, 0.25) is 0 Å². The number of hydrogen-bond acceptors (Lipinski definition) is 7. The molecule has 0 aliphatic carbocycles. The normalized spacial score (nSPS) is 13.3. The van der Waals surface area contributed by atoms with Crippen LogP contribution >= 0.6 is 0 Å². The van der Waals surface area contributed by atoms with Gasteiger partial charge in [0, 0.05) is 31.1 Å². The second kappa shape index (κ2) is 8.45.